The van der Waals surface area contributed by atoms with Crippen molar-refractivity contribution in [3.63, 3.8) is 0 Å². The average Bonchev–Trinajstić information content (AvgIpc) is 2.72. The highest BCUT2D eigenvalue weighted by molar-refractivity contribution is 6.00. The van der Waals surface area contributed by atoms with Crippen molar-refractivity contribution in [1.82, 2.24) is 9.55 Å². The van der Waals surface area contributed by atoms with E-state index in [0.29, 0.717) is 12.0 Å². The number of benzene rings is 1. The van der Waals surface area contributed by atoms with Crippen LogP contribution in [0.15, 0.2) is 24.5 Å². The van der Waals surface area contributed by atoms with Crippen LogP contribution in [0.2, 0.25) is 0 Å². The van der Waals surface area contributed by atoms with Gasteiger partial charge in [0.2, 0.25) is 0 Å². The smallest absolute Gasteiger partial charge is 0.168 e. The minimum absolute atomic E-state index is 0.0115. The standard InChI is InChI=1S/C13H16N2O2/c1-3-9(7-16)13(17)10-4-5-12-11(6-10)14-8-15(12)2/h4-6,8-9,16H,3,7H2,1-2H3. The number of rotatable bonds is 4. The van der Waals surface area contributed by atoms with Crippen molar-refractivity contribution in [1.29, 1.82) is 0 Å². The first kappa shape index (κ1) is 11.8. The molecule has 0 radical (unpaired) electrons. The predicted molar refractivity (Wildman–Crippen MR) is 65.9 cm³/mol. The zero-order valence-corrected chi connectivity index (χ0v) is 10.1. The van der Waals surface area contributed by atoms with Crippen LogP contribution in [-0.4, -0.2) is 27.0 Å². The maximum absolute atomic E-state index is 12.1. The summed E-state index contributed by atoms with van der Waals surface area (Å²) in [6.45, 7) is 1.80. The van der Waals surface area contributed by atoms with Crippen LogP contribution in [-0.2, 0) is 7.05 Å². The molecule has 2 rings (SSSR count). The van der Waals surface area contributed by atoms with Crippen LogP contribution in [0.3, 0.4) is 0 Å². The number of fused-ring (bicyclic) bond motifs is 1. The number of aliphatic hydroxyl groups is 1. The van der Waals surface area contributed by atoms with Crippen molar-refractivity contribution in [2.24, 2.45) is 13.0 Å². The molecule has 4 heteroatoms. The van der Waals surface area contributed by atoms with Gasteiger partial charge in [0.25, 0.3) is 0 Å². The highest BCUT2D eigenvalue weighted by Gasteiger charge is 2.17. The number of ketones is 1. The number of nitrogens with zero attached hydrogens (tertiary/aromatic N) is 2. The third-order valence-corrected chi connectivity index (χ3v) is 3.09. The molecule has 0 fully saturated rings. The molecule has 2 aromatic rings. The Morgan fingerprint density at radius 1 is 1.53 bits per heavy atom. The fraction of sp³-hybridized carbons (Fsp3) is 0.385. The quantitative estimate of drug-likeness (QED) is 0.817. The van der Waals surface area contributed by atoms with Crippen LogP contribution in [0.5, 0.6) is 0 Å². The number of imidazole rings is 1. The second kappa shape index (κ2) is 4.67. The highest BCUT2D eigenvalue weighted by Crippen LogP contribution is 2.17. The van der Waals surface area contributed by atoms with Crippen LogP contribution in [0, 0.1) is 5.92 Å². The van der Waals surface area contributed by atoms with Gasteiger partial charge in [-0.2, -0.15) is 0 Å². The fourth-order valence-corrected chi connectivity index (χ4v) is 1.92. The van der Waals surface area contributed by atoms with Crippen molar-refractivity contribution in [2.45, 2.75) is 13.3 Å². The maximum Gasteiger partial charge on any atom is 0.168 e. The van der Waals surface area contributed by atoms with Gasteiger partial charge in [-0.05, 0) is 24.6 Å². The van der Waals surface area contributed by atoms with E-state index < -0.39 is 0 Å². The molecule has 0 saturated carbocycles. The summed E-state index contributed by atoms with van der Waals surface area (Å²) in [5.74, 6) is -0.321. The number of aryl methyl sites for hydroxylation is 1. The van der Waals surface area contributed by atoms with Crippen molar-refractivity contribution < 1.29 is 9.90 Å². The van der Waals surface area contributed by atoms with Gasteiger partial charge in [-0.15, -0.1) is 0 Å². The van der Waals surface area contributed by atoms with E-state index in [1.807, 2.05) is 24.6 Å². The van der Waals surface area contributed by atoms with E-state index >= 15 is 0 Å². The number of hydrogen-bond acceptors (Lipinski definition) is 3. The SMILES string of the molecule is CCC(CO)C(=O)c1ccc2c(c1)ncn2C. The monoisotopic (exact) mass is 232 g/mol. The summed E-state index contributed by atoms with van der Waals surface area (Å²) in [7, 11) is 1.92. The number of carbonyl (C=O) groups is 1. The van der Waals surface area contributed by atoms with Gasteiger partial charge in [0, 0.05) is 18.5 Å². The van der Waals surface area contributed by atoms with Gasteiger partial charge in [0.1, 0.15) is 0 Å². The van der Waals surface area contributed by atoms with Gasteiger partial charge in [0.05, 0.1) is 24.0 Å². The van der Waals surface area contributed by atoms with Crippen molar-refractivity contribution in [2.75, 3.05) is 6.61 Å². The summed E-state index contributed by atoms with van der Waals surface area (Å²) in [4.78, 5) is 16.3. The van der Waals surface area contributed by atoms with Crippen molar-refractivity contribution in [3.8, 4) is 0 Å². The molecule has 1 N–H and O–H groups in total. The second-order valence-electron chi connectivity index (χ2n) is 4.21. The molecule has 1 unspecified atom stereocenters. The van der Waals surface area contributed by atoms with Gasteiger partial charge in [0.15, 0.2) is 5.78 Å². The molecular weight excluding hydrogens is 216 g/mol. The second-order valence-corrected chi connectivity index (χ2v) is 4.21. The Balaban J connectivity index is 2.39. The molecule has 0 bridgehead atoms. The van der Waals surface area contributed by atoms with Crippen molar-refractivity contribution >= 4 is 16.8 Å². The molecule has 0 aliphatic heterocycles. The summed E-state index contributed by atoms with van der Waals surface area (Å²) >= 11 is 0. The van der Waals surface area contributed by atoms with E-state index in [4.69, 9.17) is 5.11 Å². The van der Waals surface area contributed by atoms with E-state index in [1.54, 1.807) is 18.5 Å². The van der Waals surface area contributed by atoms with E-state index in [1.165, 1.54) is 0 Å². The molecule has 0 aliphatic carbocycles. The predicted octanol–water partition coefficient (Wildman–Crippen LogP) is 1.77. The molecule has 90 valence electrons. The normalized spacial score (nSPS) is 12.9. The lowest BCUT2D eigenvalue weighted by Gasteiger charge is -2.10. The molecule has 0 spiro atoms. The zero-order valence-electron chi connectivity index (χ0n) is 10.1. The Morgan fingerprint density at radius 2 is 2.29 bits per heavy atom. The van der Waals surface area contributed by atoms with E-state index in [-0.39, 0.29) is 18.3 Å². The van der Waals surface area contributed by atoms with E-state index in [9.17, 15) is 4.79 Å². The summed E-state index contributed by atoms with van der Waals surface area (Å²) in [6.07, 6.45) is 2.37. The Hall–Kier alpha value is -1.68. The first-order chi connectivity index (χ1) is 8.17. The summed E-state index contributed by atoms with van der Waals surface area (Å²) in [6, 6.07) is 5.47. The first-order valence-corrected chi connectivity index (χ1v) is 5.73. The topological polar surface area (TPSA) is 55.1 Å². The minimum Gasteiger partial charge on any atom is -0.396 e. The van der Waals surface area contributed by atoms with E-state index in [0.717, 1.165) is 11.0 Å². The molecule has 1 aromatic heterocycles. The molecule has 1 heterocycles. The largest absolute Gasteiger partial charge is 0.396 e. The number of Topliss-reactive ketones (excluding diaryl/α,β-unsaturated/α-hetero) is 1. The maximum atomic E-state index is 12.1. The van der Waals surface area contributed by atoms with Gasteiger partial charge in [-0.3, -0.25) is 4.79 Å². The van der Waals surface area contributed by atoms with Gasteiger partial charge >= 0.3 is 0 Å². The Kier molecular flexibility index (Phi) is 3.24. The molecule has 1 atom stereocenters. The number of aromatic nitrogens is 2. The third kappa shape index (κ3) is 2.08. The van der Waals surface area contributed by atoms with Crippen molar-refractivity contribution in [3.05, 3.63) is 30.1 Å². The minimum atomic E-state index is -0.309. The average molecular weight is 232 g/mol. The summed E-state index contributed by atoms with van der Waals surface area (Å²) < 4.78 is 1.91. The Labute approximate surface area is 99.9 Å². The molecule has 17 heavy (non-hydrogen) atoms. The van der Waals surface area contributed by atoms with Crippen LogP contribution in [0.4, 0.5) is 0 Å². The molecule has 1 aromatic carbocycles. The Bertz CT molecular complexity index is 541. The molecule has 0 amide bonds. The van der Waals surface area contributed by atoms with Gasteiger partial charge < -0.3 is 9.67 Å². The zero-order chi connectivity index (χ0) is 12.4. The third-order valence-electron chi connectivity index (χ3n) is 3.09. The molecule has 0 aliphatic rings. The summed E-state index contributed by atoms with van der Waals surface area (Å²) in [5.41, 5.74) is 2.43. The van der Waals surface area contributed by atoms with Crippen LogP contribution in [0.1, 0.15) is 23.7 Å². The lowest BCUT2D eigenvalue weighted by atomic mass is 9.96. The number of hydrogen-bond donors (Lipinski definition) is 1. The number of aliphatic hydroxyl groups excluding tert-OH is 1. The van der Waals surface area contributed by atoms with Crippen LogP contribution >= 0.6 is 0 Å². The molecular formula is C13H16N2O2. The molecule has 4 nitrogen and oxygen atoms in total. The van der Waals surface area contributed by atoms with Crippen LogP contribution in [0.25, 0.3) is 11.0 Å². The lowest BCUT2D eigenvalue weighted by molar-refractivity contribution is 0.0856. The van der Waals surface area contributed by atoms with Gasteiger partial charge in [-0.1, -0.05) is 6.92 Å². The fourth-order valence-electron chi connectivity index (χ4n) is 1.92. The number of carbonyl (C=O) groups excluding carboxylic acids is 1. The Morgan fingerprint density at radius 3 is 2.94 bits per heavy atom. The first-order valence-electron chi connectivity index (χ1n) is 5.73. The van der Waals surface area contributed by atoms with Gasteiger partial charge in [-0.25, -0.2) is 4.98 Å². The van der Waals surface area contributed by atoms with Crippen LogP contribution < -0.4 is 0 Å². The van der Waals surface area contributed by atoms with E-state index in [2.05, 4.69) is 4.98 Å². The highest BCUT2D eigenvalue weighted by atomic mass is 16.3. The summed E-state index contributed by atoms with van der Waals surface area (Å²) in [5, 5.41) is 9.13. The molecule has 0 saturated heterocycles. The lowest BCUT2D eigenvalue weighted by Crippen LogP contribution is -2.17.